The van der Waals surface area contributed by atoms with E-state index in [-0.39, 0.29) is 17.0 Å². The number of halogens is 3. The zero-order valence-corrected chi connectivity index (χ0v) is 20.1. The van der Waals surface area contributed by atoms with Crippen LogP contribution >= 0.6 is 23.2 Å². The number of carbonyl (C=O) groups is 1. The molecule has 0 aliphatic heterocycles. The van der Waals surface area contributed by atoms with Gasteiger partial charge in [0.05, 0.1) is 28.7 Å². The van der Waals surface area contributed by atoms with Crippen LogP contribution in [0.4, 0.5) is 10.3 Å². The van der Waals surface area contributed by atoms with Gasteiger partial charge in [-0.1, -0.05) is 23.2 Å². The van der Waals surface area contributed by atoms with Crippen LogP contribution in [-0.4, -0.2) is 40.8 Å². The van der Waals surface area contributed by atoms with Gasteiger partial charge in [0, 0.05) is 24.2 Å². The molecule has 6 nitrogen and oxygen atoms in total. The molecule has 1 aromatic heterocycles. The lowest BCUT2D eigenvalue weighted by Gasteiger charge is -2.29. The number of rotatable bonds is 5. The first-order valence-electron chi connectivity index (χ1n) is 11.3. The van der Waals surface area contributed by atoms with Crippen LogP contribution in [0.2, 0.25) is 0 Å². The number of anilines is 1. The quantitative estimate of drug-likeness (QED) is 0.585. The van der Waals surface area contributed by atoms with Gasteiger partial charge in [-0.2, -0.15) is 0 Å². The normalized spacial score (nSPS) is 24.4. The first-order chi connectivity index (χ1) is 15.8. The molecule has 2 aromatic rings. The topological polar surface area (TPSA) is 68.2 Å². The number of benzene rings is 1. The predicted molar refractivity (Wildman–Crippen MR) is 129 cm³/mol. The molecule has 1 heterocycles. The molecule has 0 saturated heterocycles. The second kappa shape index (κ2) is 8.51. The first-order valence-corrected chi connectivity index (χ1v) is 12.0. The monoisotopic (exact) mass is 492 g/mol. The van der Waals surface area contributed by atoms with Crippen molar-refractivity contribution in [2.75, 3.05) is 12.4 Å². The number of carbonyl (C=O) groups excluding carboxylic acids is 1. The van der Waals surface area contributed by atoms with E-state index >= 15 is 0 Å². The highest BCUT2D eigenvalue weighted by Crippen LogP contribution is 2.56. The first kappa shape index (κ1) is 22.5. The fourth-order valence-corrected chi connectivity index (χ4v) is 5.36. The van der Waals surface area contributed by atoms with Gasteiger partial charge in [-0.05, 0) is 62.2 Å². The Hall–Kier alpha value is -2.25. The number of alkyl halides is 1. The van der Waals surface area contributed by atoms with Crippen LogP contribution in [0, 0.1) is 5.41 Å². The number of imidazole rings is 1. The van der Waals surface area contributed by atoms with Crippen molar-refractivity contribution < 1.29 is 13.9 Å². The molecule has 176 valence electrons. The molecule has 1 aromatic carbocycles. The molecule has 5 rings (SSSR count). The van der Waals surface area contributed by atoms with E-state index in [2.05, 4.69) is 15.6 Å². The molecule has 9 heteroatoms. The van der Waals surface area contributed by atoms with E-state index < -0.39 is 12.2 Å². The largest absolute Gasteiger partial charge is 0.496 e. The summed E-state index contributed by atoms with van der Waals surface area (Å²) in [6, 6.07) is 2.84. The third-order valence-corrected chi connectivity index (χ3v) is 8.02. The highest BCUT2D eigenvalue weighted by Gasteiger charge is 2.45. The van der Waals surface area contributed by atoms with Crippen LogP contribution < -0.4 is 15.4 Å². The molecule has 3 aliphatic carbocycles. The molecular formula is C24H27Cl2FN4O2. The van der Waals surface area contributed by atoms with Crippen molar-refractivity contribution >= 4 is 46.1 Å². The summed E-state index contributed by atoms with van der Waals surface area (Å²) in [5, 5.41) is 6.60. The van der Waals surface area contributed by atoms with Crippen LogP contribution in [0.15, 0.2) is 34.3 Å². The van der Waals surface area contributed by atoms with E-state index in [9.17, 15) is 9.18 Å². The van der Waals surface area contributed by atoms with Crippen molar-refractivity contribution in [1.82, 2.24) is 14.9 Å². The molecular weight excluding hydrogens is 466 g/mol. The van der Waals surface area contributed by atoms with Crippen molar-refractivity contribution in [3.05, 3.63) is 39.9 Å². The third kappa shape index (κ3) is 4.21. The number of fused-ring (bicyclic) bond motifs is 1. The van der Waals surface area contributed by atoms with Crippen molar-refractivity contribution in [3.63, 3.8) is 0 Å². The molecule has 2 unspecified atom stereocenters. The molecule has 3 aliphatic rings. The zero-order chi connectivity index (χ0) is 23.3. The third-order valence-electron chi connectivity index (χ3n) is 7.32. The van der Waals surface area contributed by atoms with Crippen LogP contribution in [0.1, 0.15) is 48.9 Å². The smallest absolute Gasteiger partial charge is 0.255 e. The van der Waals surface area contributed by atoms with Gasteiger partial charge in [0.25, 0.3) is 5.91 Å². The van der Waals surface area contributed by atoms with Gasteiger partial charge in [0.15, 0.2) is 6.17 Å². The average Bonchev–Trinajstić information content (AvgIpc) is 3.50. The Kier molecular flexibility index (Phi) is 5.81. The van der Waals surface area contributed by atoms with E-state index in [0.717, 1.165) is 18.4 Å². The van der Waals surface area contributed by atoms with Crippen molar-refractivity contribution in [2.24, 2.45) is 12.5 Å². The van der Waals surface area contributed by atoms with Crippen LogP contribution in [-0.2, 0) is 7.05 Å². The SMILES string of the molecule is COc1cc2c(cc1C(=O)NC1CCC3(CC1)CC3)nc(NC1C(Cl)=CC=C(Cl)C1F)n2C. The number of aryl methyl sites for hydroxylation is 1. The Bertz CT molecular complexity index is 1160. The molecule has 2 atom stereocenters. The maximum Gasteiger partial charge on any atom is 0.255 e. The minimum absolute atomic E-state index is 0.0756. The van der Waals surface area contributed by atoms with Crippen LogP contribution in [0.5, 0.6) is 5.75 Å². The molecule has 2 saturated carbocycles. The van der Waals surface area contributed by atoms with Crippen molar-refractivity contribution in [3.8, 4) is 5.75 Å². The van der Waals surface area contributed by atoms with Gasteiger partial charge in [-0.15, -0.1) is 0 Å². The summed E-state index contributed by atoms with van der Waals surface area (Å²) >= 11 is 12.2. The molecule has 1 spiro atoms. The molecule has 2 fully saturated rings. The maximum atomic E-state index is 14.6. The Morgan fingerprint density at radius 3 is 2.55 bits per heavy atom. The Morgan fingerprint density at radius 1 is 1.18 bits per heavy atom. The lowest BCUT2D eigenvalue weighted by molar-refractivity contribution is 0.0916. The van der Waals surface area contributed by atoms with E-state index in [4.69, 9.17) is 27.9 Å². The number of ether oxygens (including phenoxy) is 1. The number of nitrogens with zero attached hydrogens (tertiary/aromatic N) is 2. The van der Waals surface area contributed by atoms with Crippen molar-refractivity contribution in [2.45, 2.75) is 56.8 Å². The number of nitrogens with one attached hydrogen (secondary N) is 2. The second-order valence-corrected chi connectivity index (χ2v) is 10.3. The minimum Gasteiger partial charge on any atom is -0.496 e. The fraction of sp³-hybridized carbons (Fsp3) is 0.500. The molecule has 33 heavy (non-hydrogen) atoms. The Balaban J connectivity index is 1.38. The Morgan fingerprint density at radius 2 is 1.88 bits per heavy atom. The van der Waals surface area contributed by atoms with E-state index in [1.165, 1.54) is 31.8 Å². The van der Waals surface area contributed by atoms with E-state index in [1.807, 2.05) is 0 Å². The summed E-state index contributed by atoms with van der Waals surface area (Å²) < 4.78 is 21.9. The molecule has 2 N–H and O–H groups in total. The number of methoxy groups -OCH3 is 1. The second-order valence-electron chi connectivity index (χ2n) is 9.41. The summed E-state index contributed by atoms with van der Waals surface area (Å²) in [4.78, 5) is 17.7. The van der Waals surface area contributed by atoms with E-state index in [0.29, 0.717) is 33.2 Å². The number of allylic oxidation sites excluding steroid dienone is 2. The number of amides is 1. The highest BCUT2D eigenvalue weighted by atomic mass is 35.5. The van der Waals surface area contributed by atoms with Crippen molar-refractivity contribution in [1.29, 1.82) is 0 Å². The molecule has 0 radical (unpaired) electrons. The summed E-state index contributed by atoms with van der Waals surface area (Å²) in [6.45, 7) is 0. The number of hydrogen-bond donors (Lipinski definition) is 2. The average molecular weight is 493 g/mol. The van der Waals surface area contributed by atoms with Gasteiger partial charge >= 0.3 is 0 Å². The molecule has 1 amide bonds. The summed E-state index contributed by atoms with van der Waals surface area (Å²) in [7, 11) is 3.34. The zero-order valence-electron chi connectivity index (χ0n) is 18.6. The number of aromatic nitrogens is 2. The highest BCUT2D eigenvalue weighted by molar-refractivity contribution is 6.33. The number of hydrogen-bond acceptors (Lipinski definition) is 4. The van der Waals surface area contributed by atoms with Gasteiger partial charge in [0.1, 0.15) is 11.8 Å². The van der Waals surface area contributed by atoms with Gasteiger partial charge in [-0.3, -0.25) is 4.79 Å². The van der Waals surface area contributed by atoms with Gasteiger partial charge < -0.3 is 19.9 Å². The Labute approximate surface area is 202 Å². The maximum absolute atomic E-state index is 14.6. The lowest BCUT2D eigenvalue weighted by atomic mass is 9.83. The summed E-state index contributed by atoms with van der Waals surface area (Å²) in [6.07, 6.45) is 8.63. The van der Waals surface area contributed by atoms with Gasteiger partial charge in [0.2, 0.25) is 5.95 Å². The van der Waals surface area contributed by atoms with Crippen LogP contribution in [0.3, 0.4) is 0 Å². The minimum atomic E-state index is -1.48. The molecule has 0 bridgehead atoms. The van der Waals surface area contributed by atoms with E-state index in [1.54, 1.807) is 36.9 Å². The van der Waals surface area contributed by atoms with Crippen LogP contribution in [0.25, 0.3) is 11.0 Å². The summed E-state index contributed by atoms with van der Waals surface area (Å²) in [5.74, 6) is 0.718. The standard InChI is InChI=1S/C24H27Cl2FN4O2/c1-31-18-12-19(33-2)14(22(32)28-13-5-7-24(8-6-13)9-10-24)11-17(18)29-23(31)30-21-16(26)4-3-15(25)20(21)27/h3-4,11-13,20-21H,5-10H2,1-2H3,(H,28,32)(H,29,30). The van der Waals surface area contributed by atoms with Gasteiger partial charge in [-0.25, -0.2) is 9.37 Å². The predicted octanol–water partition coefficient (Wildman–Crippen LogP) is 5.41. The fourth-order valence-electron chi connectivity index (χ4n) is 4.94. The lowest BCUT2D eigenvalue weighted by Crippen LogP contribution is -2.38. The summed E-state index contributed by atoms with van der Waals surface area (Å²) in [5.41, 5.74) is 2.35.